The molecule has 0 aliphatic rings. The van der Waals surface area contributed by atoms with Gasteiger partial charge in [0.2, 0.25) is 0 Å². The number of hydrogen-bond acceptors (Lipinski definition) is 5. The Morgan fingerprint density at radius 3 is 2.03 bits per heavy atom. The van der Waals surface area contributed by atoms with Crippen molar-refractivity contribution >= 4 is 20.0 Å². The van der Waals surface area contributed by atoms with Gasteiger partial charge in [-0.1, -0.05) is 85.5 Å². The second-order valence-electron chi connectivity index (χ2n) is 7.53. The predicted octanol–water partition coefficient (Wildman–Crippen LogP) is 4.35. The SMILES string of the molecule is CC(C)P(C(C)C)C(C)C.O=C(N[C@@H](C(=O)O)c1ccccc1)OCc1[c-]nn[nH]1.[Au+]. The molecule has 1 aromatic heterocycles. The van der Waals surface area contributed by atoms with Crippen molar-refractivity contribution in [3.8, 4) is 0 Å². The number of aromatic nitrogens is 3. The fourth-order valence-corrected chi connectivity index (χ4v) is 6.86. The molecule has 2 rings (SSSR count). The number of aliphatic carboxylic acids is 1. The van der Waals surface area contributed by atoms with Crippen molar-refractivity contribution in [1.82, 2.24) is 20.7 Å². The Labute approximate surface area is 201 Å². The molecule has 0 saturated carbocycles. The molecule has 10 heteroatoms. The first-order valence-electron chi connectivity index (χ1n) is 9.89. The summed E-state index contributed by atoms with van der Waals surface area (Å²) >= 11 is 0. The van der Waals surface area contributed by atoms with Crippen molar-refractivity contribution < 1.29 is 41.8 Å². The minimum atomic E-state index is -1.18. The molecular weight excluding hydrogens is 600 g/mol. The molecule has 3 N–H and O–H groups in total. The zero-order chi connectivity index (χ0) is 22.7. The standard InChI is InChI=1S/C12H11N4O4.C9H21P.Au/c17-11(18)10(8-4-2-1-3-5-8)14-12(19)20-7-9-6-13-16-15-9;1-7(2)10(8(3)4)9(5)6;/h1-5,10H,7H2,(H,14,19)(H,17,18)(H,13,15,16);7-9H,1-6H3;/q-1;;+1/t10-;;/m1../s1. The largest absolute Gasteiger partial charge is 1.00 e. The Kier molecular flexibility index (Phi) is 14.3. The molecule has 0 fully saturated rings. The molecule has 8 nitrogen and oxygen atoms in total. The fourth-order valence-electron chi connectivity index (χ4n) is 3.28. The molecular formula is C21H32AuN4O4P. The smallest absolute Gasteiger partial charge is 0.479 e. The Morgan fingerprint density at radius 1 is 1.10 bits per heavy atom. The topological polar surface area (TPSA) is 117 Å². The quantitative estimate of drug-likeness (QED) is 0.227. The Balaban J connectivity index is 0.000000701. The third-order valence-corrected chi connectivity index (χ3v) is 7.78. The molecule has 1 aromatic carbocycles. The summed E-state index contributed by atoms with van der Waals surface area (Å²) in [5, 5.41) is 20.7. The van der Waals surface area contributed by atoms with E-state index in [2.05, 4.69) is 68.5 Å². The number of nitrogens with one attached hydrogen (secondary N) is 2. The summed E-state index contributed by atoms with van der Waals surface area (Å²) in [5.74, 6) is -1.18. The van der Waals surface area contributed by atoms with E-state index in [0.717, 1.165) is 17.0 Å². The first-order chi connectivity index (χ1) is 14.1. The van der Waals surface area contributed by atoms with E-state index in [1.165, 1.54) is 0 Å². The number of H-pyrrole nitrogens is 1. The number of amides is 1. The van der Waals surface area contributed by atoms with Crippen LogP contribution in [0.4, 0.5) is 4.79 Å². The maximum atomic E-state index is 11.6. The summed E-state index contributed by atoms with van der Waals surface area (Å²) in [6, 6.07) is 7.15. The number of rotatable bonds is 8. The number of carbonyl (C=O) groups is 2. The number of carbonyl (C=O) groups excluding carboxylic acids is 1. The number of alkyl carbamates (subject to hydrolysis) is 1. The average Bonchev–Trinajstić information content (AvgIpc) is 3.18. The van der Waals surface area contributed by atoms with E-state index in [1.807, 2.05) is 0 Å². The molecule has 0 unspecified atom stereocenters. The number of nitrogens with zero attached hydrogens (tertiary/aromatic N) is 2. The van der Waals surface area contributed by atoms with Gasteiger partial charge >= 0.3 is 34.4 Å². The molecule has 176 valence electrons. The first kappa shape index (κ1) is 29.3. The minimum absolute atomic E-state index is 0. The van der Waals surface area contributed by atoms with Gasteiger partial charge in [-0.3, -0.25) is 5.10 Å². The van der Waals surface area contributed by atoms with Crippen LogP contribution in [0.25, 0.3) is 0 Å². The van der Waals surface area contributed by atoms with Gasteiger partial charge in [-0.05, 0) is 22.5 Å². The van der Waals surface area contributed by atoms with E-state index in [4.69, 9.17) is 9.84 Å². The molecule has 2 aromatic rings. The number of benzene rings is 1. The van der Waals surface area contributed by atoms with Crippen molar-refractivity contribution in [1.29, 1.82) is 0 Å². The number of carboxylic acid groups (broad SMARTS) is 1. The maximum Gasteiger partial charge on any atom is 1.00 e. The van der Waals surface area contributed by atoms with Gasteiger partial charge in [-0.15, -0.1) is 5.21 Å². The minimum Gasteiger partial charge on any atom is -0.479 e. The maximum absolute atomic E-state index is 11.6. The number of ether oxygens (including phenoxy) is 1. The van der Waals surface area contributed by atoms with Crippen LogP contribution in [-0.4, -0.2) is 49.6 Å². The Hall–Kier alpha value is -1.73. The van der Waals surface area contributed by atoms with Gasteiger partial charge in [0.25, 0.3) is 0 Å². The first-order valence-corrected chi connectivity index (χ1v) is 11.4. The molecule has 0 aliphatic heterocycles. The number of carboxylic acids is 1. The molecule has 0 aliphatic carbocycles. The van der Waals surface area contributed by atoms with Gasteiger partial charge in [0.1, 0.15) is 6.61 Å². The summed E-state index contributed by atoms with van der Waals surface area (Å²) in [6.45, 7) is 14.0. The number of aromatic amines is 1. The van der Waals surface area contributed by atoms with E-state index in [1.54, 1.807) is 30.3 Å². The molecule has 0 saturated heterocycles. The van der Waals surface area contributed by atoms with E-state index in [9.17, 15) is 9.59 Å². The van der Waals surface area contributed by atoms with Crippen LogP contribution in [0.5, 0.6) is 0 Å². The Bertz CT molecular complexity index is 739. The van der Waals surface area contributed by atoms with Crippen LogP contribution < -0.4 is 5.32 Å². The molecule has 0 radical (unpaired) electrons. The second kappa shape index (κ2) is 15.1. The monoisotopic (exact) mass is 632 g/mol. The third-order valence-electron chi connectivity index (χ3n) is 4.20. The summed E-state index contributed by atoms with van der Waals surface area (Å²) in [4.78, 5) is 22.7. The van der Waals surface area contributed by atoms with Crippen molar-refractivity contribution in [3.05, 3.63) is 47.8 Å². The Morgan fingerprint density at radius 2 is 1.65 bits per heavy atom. The molecule has 1 atom stereocenters. The van der Waals surface area contributed by atoms with E-state index < -0.39 is 18.1 Å². The van der Waals surface area contributed by atoms with Gasteiger partial charge in [-0.25, -0.2) is 9.59 Å². The summed E-state index contributed by atoms with van der Waals surface area (Å²) in [5.41, 5.74) is 3.53. The van der Waals surface area contributed by atoms with E-state index >= 15 is 0 Å². The molecule has 0 spiro atoms. The molecule has 1 amide bonds. The van der Waals surface area contributed by atoms with Crippen molar-refractivity contribution in [2.45, 2.75) is 71.2 Å². The molecule has 31 heavy (non-hydrogen) atoms. The van der Waals surface area contributed by atoms with Crippen LogP contribution in [0.2, 0.25) is 0 Å². The van der Waals surface area contributed by atoms with Gasteiger partial charge in [-0.2, -0.15) is 0 Å². The van der Waals surface area contributed by atoms with Crippen LogP contribution >= 0.6 is 7.92 Å². The fraction of sp³-hybridized carbons (Fsp3) is 0.524. The normalized spacial score (nSPS) is 11.5. The zero-order valence-electron chi connectivity index (χ0n) is 18.7. The zero-order valence-corrected chi connectivity index (χ0v) is 21.8. The van der Waals surface area contributed by atoms with E-state index in [0.29, 0.717) is 11.3 Å². The molecule has 1 heterocycles. The van der Waals surface area contributed by atoms with Gasteiger partial charge < -0.3 is 26.5 Å². The van der Waals surface area contributed by atoms with Crippen molar-refractivity contribution in [2.24, 2.45) is 0 Å². The van der Waals surface area contributed by atoms with Crippen LogP contribution in [0.1, 0.15) is 58.8 Å². The van der Waals surface area contributed by atoms with Crippen LogP contribution in [0, 0.1) is 6.20 Å². The van der Waals surface area contributed by atoms with Gasteiger partial charge in [0.05, 0.1) is 0 Å². The van der Waals surface area contributed by atoms with Crippen molar-refractivity contribution in [3.63, 3.8) is 0 Å². The predicted molar refractivity (Wildman–Crippen MR) is 118 cm³/mol. The van der Waals surface area contributed by atoms with Crippen LogP contribution in [0.15, 0.2) is 30.3 Å². The van der Waals surface area contributed by atoms with Gasteiger partial charge in [0.15, 0.2) is 6.04 Å². The van der Waals surface area contributed by atoms with E-state index in [-0.39, 0.29) is 36.9 Å². The summed E-state index contributed by atoms with van der Waals surface area (Å²) in [6.07, 6.45) is 1.61. The third kappa shape index (κ3) is 10.9. The van der Waals surface area contributed by atoms with Gasteiger partial charge in [0, 0.05) is 0 Å². The summed E-state index contributed by atoms with van der Waals surface area (Å²) < 4.78 is 4.83. The van der Waals surface area contributed by atoms with Crippen LogP contribution in [-0.2, 0) is 38.5 Å². The molecule has 0 bridgehead atoms. The second-order valence-corrected chi connectivity index (χ2v) is 11.5. The number of hydrogen-bond donors (Lipinski definition) is 3. The average molecular weight is 632 g/mol. The van der Waals surface area contributed by atoms with Crippen molar-refractivity contribution in [2.75, 3.05) is 0 Å². The summed E-state index contributed by atoms with van der Waals surface area (Å²) in [7, 11) is 0.262. The van der Waals surface area contributed by atoms with Crippen LogP contribution in [0.3, 0.4) is 0 Å².